The zero-order valence-corrected chi connectivity index (χ0v) is 16.6. The summed E-state index contributed by atoms with van der Waals surface area (Å²) in [5.41, 5.74) is 7.90. The van der Waals surface area contributed by atoms with Gasteiger partial charge in [-0.3, -0.25) is 4.79 Å². The lowest BCUT2D eigenvalue weighted by molar-refractivity contribution is 0.100. The number of guanidine groups is 1. The molecule has 1 amide bonds. The zero-order valence-electron chi connectivity index (χ0n) is 16.6. The molecule has 0 saturated heterocycles. The molecule has 150 valence electrons. The van der Waals surface area contributed by atoms with Crippen LogP contribution in [0.3, 0.4) is 0 Å². The number of hydrogen-bond donors (Lipinski definition) is 3. The summed E-state index contributed by atoms with van der Waals surface area (Å²) in [6.45, 7) is 4.02. The molecule has 7 nitrogen and oxygen atoms in total. The quantitative estimate of drug-likeness (QED) is 0.454. The van der Waals surface area contributed by atoms with Crippen LogP contribution in [-0.4, -0.2) is 39.2 Å². The van der Waals surface area contributed by atoms with Crippen molar-refractivity contribution < 1.29 is 14.3 Å². The van der Waals surface area contributed by atoms with Gasteiger partial charge in [0.25, 0.3) is 0 Å². The molecule has 0 radical (unpaired) electrons. The van der Waals surface area contributed by atoms with E-state index in [-0.39, 0.29) is 0 Å². The van der Waals surface area contributed by atoms with Crippen LogP contribution in [0.5, 0.6) is 11.5 Å². The largest absolute Gasteiger partial charge is 0.493 e. The van der Waals surface area contributed by atoms with Gasteiger partial charge in [0.15, 0.2) is 17.5 Å². The molecule has 2 aromatic carbocycles. The van der Waals surface area contributed by atoms with Crippen LogP contribution >= 0.6 is 0 Å². The van der Waals surface area contributed by atoms with Gasteiger partial charge >= 0.3 is 0 Å². The van der Waals surface area contributed by atoms with E-state index in [0.29, 0.717) is 12.1 Å². The van der Waals surface area contributed by atoms with Gasteiger partial charge < -0.3 is 25.8 Å². The highest BCUT2D eigenvalue weighted by atomic mass is 16.5. The summed E-state index contributed by atoms with van der Waals surface area (Å²) >= 11 is 0. The monoisotopic (exact) mass is 384 g/mol. The predicted molar refractivity (Wildman–Crippen MR) is 111 cm³/mol. The normalized spacial score (nSPS) is 11.0. The van der Waals surface area contributed by atoms with Crippen molar-refractivity contribution in [2.24, 2.45) is 10.7 Å². The molecule has 2 aromatic rings. The predicted octanol–water partition coefficient (Wildman–Crippen LogP) is 2.10. The third-order valence-corrected chi connectivity index (χ3v) is 4.16. The lowest BCUT2D eigenvalue weighted by atomic mass is 10.1. The van der Waals surface area contributed by atoms with E-state index in [0.717, 1.165) is 48.1 Å². The molecule has 0 aromatic heterocycles. The van der Waals surface area contributed by atoms with E-state index in [1.165, 1.54) is 0 Å². The Morgan fingerprint density at radius 3 is 2.29 bits per heavy atom. The molecule has 7 heteroatoms. The van der Waals surface area contributed by atoms with E-state index >= 15 is 0 Å². The van der Waals surface area contributed by atoms with Gasteiger partial charge in [-0.1, -0.05) is 18.2 Å². The molecule has 28 heavy (non-hydrogen) atoms. The number of ether oxygens (including phenoxy) is 2. The first-order chi connectivity index (χ1) is 13.6. The number of carbonyl (C=O) groups is 1. The maximum Gasteiger partial charge on any atom is 0.248 e. The maximum absolute atomic E-state index is 11.1. The van der Waals surface area contributed by atoms with Gasteiger partial charge in [-0.15, -0.1) is 0 Å². The molecule has 0 spiro atoms. The minimum absolute atomic E-state index is 0.430. The second-order valence-electron chi connectivity index (χ2n) is 6.12. The summed E-state index contributed by atoms with van der Waals surface area (Å²) in [6, 6.07) is 13.0. The first kappa shape index (κ1) is 21.1. The van der Waals surface area contributed by atoms with Gasteiger partial charge in [-0.25, -0.2) is 4.99 Å². The highest BCUT2D eigenvalue weighted by molar-refractivity contribution is 5.92. The molecular formula is C21H28N4O3. The number of nitrogens with two attached hydrogens (primary N) is 1. The van der Waals surface area contributed by atoms with Crippen LogP contribution in [0.1, 0.15) is 28.4 Å². The van der Waals surface area contributed by atoms with E-state index in [1.807, 2.05) is 37.3 Å². The van der Waals surface area contributed by atoms with Crippen LogP contribution in [0.2, 0.25) is 0 Å². The molecule has 2 rings (SSSR count). The summed E-state index contributed by atoms with van der Waals surface area (Å²) in [5.74, 6) is 1.75. The van der Waals surface area contributed by atoms with E-state index in [2.05, 4.69) is 15.6 Å². The molecule has 0 aliphatic heterocycles. The van der Waals surface area contributed by atoms with Crippen LogP contribution in [0.15, 0.2) is 47.5 Å². The summed E-state index contributed by atoms with van der Waals surface area (Å²) in [4.78, 5) is 15.7. The van der Waals surface area contributed by atoms with Gasteiger partial charge in [-0.05, 0) is 48.7 Å². The number of aliphatic imine (C=N–C) groups is 1. The Labute approximate surface area is 165 Å². The number of nitrogens with one attached hydrogen (secondary N) is 2. The van der Waals surface area contributed by atoms with Gasteiger partial charge in [-0.2, -0.15) is 0 Å². The number of nitrogens with zero attached hydrogens (tertiary/aromatic N) is 1. The van der Waals surface area contributed by atoms with Crippen molar-refractivity contribution in [2.75, 3.05) is 27.3 Å². The van der Waals surface area contributed by atoms with Crippen molar-refractivity contribution in [1.82, 2.24) is 10.6 Å². The molecule has 0 atom stereocenters. The molecule has 0 aliphatic carbocycles. The van der Waals surface area contributed by atoms with Crippen molar-refractivity contribution in [3.05, 3.63) is 59.2 Å². The van der Waals surface area contributed by atoms with E-state index in [9.17, 15) is 4.79 Å². The average molecular weight is 384 g/mol. The number of benzene rings is 2. The molecule has 0 saturated carbocycles. The SMILES string of the molecule is CCNC(=NCc1ccc(C(N)=O)cc1)NCCc1ccc(OC)c(OC)c1. The lowest BCUT2D eigenvalue weighted by Crippen LogP contribution is -2.38. The van der Waals surface area contributed by atoms with Gasteiger partial charge in [0.2, 0.25) is 5.91 Å². The van der Waals surface area contributed by atoms with Gasteiger partial charge in [0, 0.05) is 18.7 Å². The van der Waals surface area contributed by atoms with Crippen molar-refractivity contribution in [3.8, 4) is 11.5 Å². The zero-order chi connectivity index (χ0) is 20.4. The summed E-state index contributed by atoms with van der Waals surface area (Å²) in [7, 11) is 3.26. The minimum atomic E-state index is -0.430. The fourth-order valence-electron chi connectivity index (χ4n) is 2.65. The Morgan fingerprint density at radius 1 is 1.00 bits per heavy atom. The van der Waals surface area contributed by atoms with E-state index < -0.39 is 5.91 Å². The summed E-state index contributed by atoms with van der Waals surface area (Å²) in [5, 5.41) is 6.56. The smallest absolute Gasteiger partial charge is 0.248 e. The number of amides is 1. The first-order valence-corrected chi connectivity index (χ1v) is 9.19. The number of methoxy groups -OCH3 is 2. The average Bonchev–Trinajstić information content (AvgIpc) is 2.72. The lowest BCUT2D eigenvalue weighted by Gasteiger charge is -2.13. The fourth-order valence-corrected chi connectivity index (χ4v) is 2.65. The van der Waals surface area contributed by atoms with Crippen LogP contribution in [0.25, 0.3) is 0 Å². The van der Waals surface area contributed by atoms with Gasteiger partial charge in [0.05, 0.1) is 20.8 Å². The first-order valence-electron chi connectivity index (χ1n) is 9.19. The number of hydrogen-bond acceptors (Lipinski definition) is 4. The highest BCUT2D eigenvalue weighted by Gasteiger charge is 2.05. The molecule has 0 heterocycles. The fraction of sp³-hybridized carbons (Fsp3) is 0.333. The Morgan fingerprint density at radius 2 is 1.68 bits per heavy atom. The number of rotatable bonds is 9. The molecule has 0 bridgehead atoms. The summed E-state index contributed by atoms with van der Waals surface area (Å²) < 4.78 is 10.6. The topological polar surface area (TPSA) is 98.0 Å². The standard InChI is InChI=1S/C21H28N4O3/c1-4-23-21(25-14-16-5-8-17(9-6-16)20(22)26)24-12-11-15-7-10-18(27-2)19(13-15)28-3/h5-10,13H,4,11-12,14H2,1-3H3,(H2,22,26)(H2,23,24,25). The molecular weight excluding hydrogens is 356 g/mol. The third kappa shape index (κ3) is 6.19. The van der Waals surface area contributed by atoms with E-state index in [1.54, 1.807) is 26.4 Å². The summed E-state index contributed by atoms with van der Waals surface area (Å²) in [6.07, 6.45) is 0.818. The minimum Gasteiger partial charge on any atom is -0.493 e. The molecule has 4 N–H and O–H groups in total. The van der Waals surface area contributed by atoms with Crippen LogP contribution < -0.4 is 25.8 Å². The molecule has 0 fully saturated rings. The van der Waals surface area contributed by atoms with Crippen LogP contribution in [0, 0.1) is 0 Å². The Kier molecular flexibility index (Phi) is 8.14. The van der Waals surface area contributed by atoms with Crippen molar-refractivity contribution in [2.45, 2.75) is 19.9 Å². The van der Waals surface area contributed by atoms with E-state index in [4.69, 9.17) is 15.2 Å². The molecule has 0 aliphatic rings. The number of primary amides is 1. The highest BCUT2D eigenvalue weighted by Crippen LogP contribution is 2.27. The third-order valence-electron chi connectivity index (χ3n) is 4.16. The Bertz CT molecular complexity index is 804. The Balaban J connectivity index is 1.93. The van der Waals surface area contributed by atoms with Crippen molar-refractivity contribution in [1.29, 1.82) is 0 Å². The second kappa shape index (κ2) is 10.8. The van der Waals surface area contributed by atoms with Crippen LogP contribution in [0.4, 0.5) is 0 Å². The Hall–Kier alpha value is -3.22. The van der Waals surface area contributed by atoms with Crippen molar-refractivity contribution >= 4 is 11.9 Å². The van der Waals surface area contributed by atoms with Gasteiger partial charge in [0.1, 0.15) is 0 Å². The second-order valence-corrected chi connectivity index (χ2v) is 6.12. The number of carbonyl (C=O) groups excluding carboxylic acids is 1. The van der Waals surface area contributed by atoms with Crippen molar-refractivity contribution in [3.63, 3.8) is 0 Å². The van der Waals surface area contributed by atoms with Crippen LogP contribution in [-0.2, 0) is 13.0 Å². The maximum atomic E-state index is 11.1. The molecule has 0 unspecified atom stereocenters.